The third-order valence-corrected chi connectivity index (χ3v) is 10.1. The fourth-order valence-electron chi connectivity index (χ4n) is 7.66. The zero-order valence-corrected chi connectivity index (χ0v) is 29.1. The number of rotatable bonds is 7. The van der Waals surface area contributed by atoms with Crippen LogP contribution in [0.5, 0.6) is 0 Å². The van der Waals surface area contributed by atoms with Crippen LogP contribution in [0.25, 0.3) is 71.6 Å². The molecule has 0 aliphatic heterocycles. The topological polar surface area (TPSA) is 8.17 Å². The van der Waals surface area contributed by atoms with Crippen LogP contribution < -0.4 is 4.90 Å². The van der Waals surface area contributed by atoms with Gasteiger partial charge in [0.25, 0.3) is 0 Å². The maximum atomic E-state index is 8.79. The molecule has 0 amide bonds. The van der Waals surface area contributed by atoms with Gasteiger partial charge in [-0.3, -0.25) is 0 Å². The SMILES string of the molecule is [2H]c1c([2H])c([2H])c2c(-c3ccc(-c4ccc(N(c5ccccc5)c5ccccc5-c5cccc6c5c5ccccc5n6-c5ccccc5)cc4)cc3)c([2H])c([2H])c([2H])c2c1[2H]. The van der Waals surface area contributed by atoms with E-state index in [0.29, 0.717) is 5.56 Å². The first-order valence-electron chi connectivity index (χ1n) is 21.5. The highest BCUT2D eigenvalue weighted by Gasteiger charge is 2.21. The molecule has 0 saturated carbocycles. The van der Waals surface area contributed by atoms with Gasteiger partial charge in [-0.15, -0.1) is 0 Å². The molecule has 0 radical (unpaired) electrons. The average Bonchev–Trinajstić information content (AvgIpc) is 3.65. The molecule has 2 nitrogen and oxygen atoms in total. The first kappa shape index (κ1) is 24.9. The van der Waals surface area contributed by atoms with E-state index in [1.807, 2.05) is 48.5 Å². The summed E-state index contributed by atoms with van der Waals surface area (Å²) < 4.78 is 61.7. The first-order chi connectivity index (χ1) is 29.7. The quantitative estimate of drug-likeness (QED) is 0.161. The number of hydrogen-bond acceptors (Lipinski definition) is 1. The minimum Gasteiger partial charge on any atom is -0.310 e. The lowest BCUT2D eigenvalue weighted by Crippen LogP contribution is -2.11. The minimum atomic E-state index is -0.466. The summed E-state index contributed by atoms with van der Waals surface area (Å²) in [6.45, 7) is 0. The van der Waals surface area contributed by atoms with Crippen LogP contribution in [0.3, 0.4) is 0 Å². The normalized spacial score (nSPS) is 13.1. The van der Waals surface area contributed by atoms with Crippen LogP contribution in [0.15, 0.2) is 218 Å². The summed E-state index contributed by atoms with van der Waals surface area (Å²) in [5, 5.41) is 2.38. The molecule has 54 heavy (non-hydrogen) atoms. The Hall–Kier alpha value is -7.16. The van der Waals surface area contributed by atoms with E-state index in [2.05, 4.69) is 137 Å². The Morgan fingerprint density at radius 2 is 0.981 bits per heavy atom. The highest BCUT2D eigenvalue weighted by atomic mass is 15.1. The average molecular weight is 696 g/mol. The lowest BCUT2D eigenvalue weighted by molar-refractivity contribution is 1.18. The van der Waals surface area contributed by atoms with E-state index in [9.17, 15) is 0 Å². The number of para-hydroxylation sites is 4. The van der Waals surface area contributed by atoms with E-state index < -0.39 is 12.1 Å². The summed E-state index contributed by atoms with van der Waals surface area (Å²) in [5.41, 5.74) is 11.2. The Morgan fingerprint density at radius 3 is 1.80 bits per heavy atom. The monoisotopic (exact) mass is 695 g/mol. The van der Waals surface area contributed by atoms with Gasteiger partial charge in [-0.25, -0.2) is 0 Å². The van der Waals surface area contributed by atoms with Gasteiger partial charge < -0.3 is 9.47 Å². The second-order valence-electron chi connectivity index (χ2n) is 13.2. The molecule has 1 heterocycles. The molecular formula is C52H36N2. The van der Waals surface area contributed by atoms with Crippen LogP contribution >= 0.6 is 0 Å². The van der Waals surface area contributed by atoms with Gasteiger partial charge in [-0.2, -0.15) is 0 Å². The summed E-state index contributed by atoms with van der Waals surface area (Å²) in [7, 11) is 0. The molecule has 0 bridgehead atoms. The maximum Gasteiger partial charge on any atom is 0.0629 e. The van der Waals surface area contributed by atoms with E-state index in [-0.39, 0.29) is 46.5 Å². The number of hydrogen-bond donors (Lipinski definition) is 0. The molecule has 0 saturated heterocycles. The van der Waals surface area contributed by atoms with Gasteiger partial charge in [-0.05, 0) is 93.2 Å². The number of aromatic nitrogens is 1. The van der Waals surface area contributed by atoms with E-state index in [0.717, 1.165) is 56.0 Å². The van der Waals surface area contributed by atoms with Crippen molar-refractivity contribution in [3.05, 3.63) is 218 Å². The van der Waals surface area contributed by atoms with Crippen molar-refractivity contribution in [3.8, 4) is 39.1 Å². The van der Waals surface area contributed by atoms with Crippen molar-refractivity contribution in [2.75, 3.05) is 4.90 Å². The van der Waals surface area contributed by atoms with Crippen molar-refractivity contribution in [1.29, 1.82) is 0 Å². The Morgan fingerprint density at radius 1 is 0.389 bits per heavy atom. The molecule has 2 heteroatoms. The molecule has 0 fully saturated rings. The number of anilines is 3. The van der Waals surface area contributed by atoms with Gasteiger partial charge in [0.05, 0.1) is 26.3 Å². The van der Waals surface area contributed by atoms with Crippen molar-refractivity contribution in [2.45, 2.75) is 0 Å². The van der Waals surface area contributed by atoms with Crippen molar-refractivity contribution >= 4 is 49.6 Å². The van der Waals surface area contributed by atoms with E-state index in [4.69, 9.17) is 9.60 Å². The molecule has 0 aliphatic carbocycles. The zero-order valence-electron chi connectivity index (χ0n) is 36.1. The fourth-order valence-corrected chi connectivity index (χ4v) is 7.66. The summed E-state index contributed by atoms with van der Waals surface area (Å²) in [5.74, 6) is 0. The van der Waals surface area contributed by atoms with Crippen LogP contribution in [0.4, 0.5) is 17.1 Å². The Kier molecular flexibility index (Phi) is 6.20. The molecular weight excluding hydrogens is 653 g/mol. The highest BCUT2D eigenvalue weighted by Crippen LogP contribution is 2.45. The zero-order chi connectivity index (χ0) is 41.9. The van der Waals surface area contributed by atoms with Crippen LogP contribution in [-0.4, -0.2) is 4.57 Å². The first-order valence-corrected chi connectivity index (χ1v) is 18.0. The largest absolute Gasteiger partial charge is 0.310 e. The van der Waals surface area contributed by atoms with Gasteiger partial charge >= 0.3 is 0 Å². The van der Waals surface area contributed by atoms with Gasteiger partial charge in [0, 0.05) is 33.4 Å². The Balaban J connectivity index is 1.07. The molecule has 254 valence electrons. The summed E-state index contributed by atoms with van der Waals surface area (Å²) in [4.78, 5) is 2.29. The van der Waals surface area contributed by atoms with Gasteiger partial charge in [-0.1, -0.05) is 164 Å². The molecule has 0 unspecified atom stereocenters. The van der Waals surface area contributed by atoms with Gasteiger partial charge in [0.2, 0.25) is 0 Å². The van der Waals surface area contributed by atoms with Crippen molar-refractivity contribution < 1.29 is 9.60 Å². The summed E-state index contributed by atoms with van der Waals surface area (Å²) in [6.07, 6.45) is 0. The van der Waals surface area contributed by atoms with Crippen LogP contribution in [-0.2, 0) is 0 Å². The van der Waals surface area contributed by atoms with E-state index in [1.165, 1.54) is 10.8 Å². The second-order valence-corrected chi connectivity index (χ2v) is 13.2. The maximum absolute atomic E-state index is 8.79. The molecule has 9 aromatic carbocycles. The number of benzene rings is 9. The van der Waals surface area contributed by atoms with Crippen molar-refractivity contribution in [3.63, 3.8) is 0 Å². The summed E-state index contributed by atoms with van der Waals surface area (Å²) in [6, 6.07) is 57.7. The standard InChI is InChI=1S/C52H36N2/c1-3-17-41(18-4-1)53(43-35-33-38(34-36-43)37-29-31-40(32-30-37)45-24-13-16-39-15-7-8-21-44(39)45)49-26-11-9-22-46(49)47-25-14-28-51-52(47)48-23-10-12-27-50(48)54(51)42-19-5-2-6-20-42/h1-36H/i7D,8D,13D,15D,16D,21D,24D. The fraction of sp³-hybridized carbons (Fsp3) is 0. The summed E-state index contributed by atoms with van der Waals surface area (Å²) >= 11 is 0. The molecule has 1 aromatic heterocycles. The lowest BCUT2D eigenvalue weighted by Gasteiger charge is -2.28. The number of fused-ring (bicyclic) bond motifs is 4. The Bertz CT molecular complexity index is 3300. The van der Waals surface area contributed by atoms with Crippen LogP contribution in [0, 0.1) is 0 Å². The minimum absolute atomic E-state index is 0.0539. The molecule has 0 spiro atoms. The van der Waals surface area contributed by atoms with Crippen LogP contribution in [0.2, 0.25) is 0 Å². The van der Waals surface area contributed by atoms with Crippen molar-refractivity contribution in [2.24, 2.45) is 0 Å². The highest BCUT2D eigenvalue weighted by molar-refractivity contribution is 6.17. The van der Waals surface area contributed by atoms with Gasteiger partial charge in [0.1, 0.15) is 0 Å². The van der Waals surface area contributed by atoms with E-state index >= 15 is 0 Å². The second kappa shape index (κ2) is 13.4. The molecule has 0 N–H and O–H groups in total. The predicted octanol–water partition coefficient (Wildman–Crippen LogP) is 14.4. The van der Waals surface area contributed by atoms with Crippen LogP contribution in [0.1, 0.15) is 9.60 Å². The molecule has 0 atom stereocenters. The number of nitrogens with zero attached hydrogens (tertiary/aromatic N) is 2. The van der Waals surface area contributed by atoms with E-state index in [1.54, 1.807) is 0 Å². The lowest BCUT2D eigenvalue weighted by atomic mass is 9.96. The third kappa shape index (κ3) is 5.44. The Labute approximate surface area is 325 Å². The third-order valence-electron chi connectivity index (χ3n) is 10.1. The predicted molar refractivity (Wildman–Crippen MR) is 229 cm³/mol. The molecule has 0 aliphatic rings. The molecule has 10 aromatic rings. The van der Waals surface area contributed by atoms with Crippen molar-refractivity contribution in [1.82, 2.24) is 4.57 Å². The van der Waals surface area contributed by atoms with Gasteiger partial charge in [0.15, 0.2) is 0 Å². The molecule has 10 rings (SSSR count). The smallest absolute Gasteiger partial charge is 0.0629 e.